The van der Waals surface area contributed by atoms with E-state index in [9.17, 15) is 22.8 Å². The third-order valence-corrected chi connectivity index (χ3v) is 7.91. The minimum atomic E-state index is -0.770. The molecule has 1 aromatic heterocycles. The molecule has 0 spiro atoms. The summed E-state index contributed by atoms with van der Waals surface area (Å²) < 4.78 is 45.1. The van der Waals surface area contributed by atoms with E-state index in [-0.39, 0.29) is 30.4 Å². The third kappa shape index (κ3) is 6.15. The number of halogens is 3. The van der Waals surface area contributed by atoms with Crippen LogP contribution in [0.5, 0.6) is 0 Å². The Morgan fingerprint density at radius 1 is 0.902 bits per heavy atom. The molecule has 2 atom stereocenters. The number of rotatable bonds is 8. The van der Waals surface area contributed by atoms with Crippen LogP contribution in [0.1, 0.15) is 41.3 Å². The van der Waals surface area contributed by atoms with Crippen molar-refractivity contribution < 1.29 is 13.2 Å². The minimum Gasteiger partial charge on any atom is -0.365 e. The number of hydrogen-bond acceptors (Lipinski definition) is 4. The summed E-state index contributed by atoms with van der Waals surface area (Å²) >= 11 is 0. The smallest absolute Gasteiger partial charge is 0.331 e. The van der Waals surface area contributed by atoms with E-state index in [2.05, 4.69) is 0 Å². The molecule has 1 fully saturated rings. The van der Waals surface area contributed by atoms with E-state index in [1.807, 2.05) is 35.2 Å². The monoisotopic (exact) mass is 562 g/mol. The molecule has 0 radical (unpaired) electrons. The topological polar surface area (TPSA) is 73.3 Å². The van der Waals surface area contributed by atoms with Gasteiger partial charge in [0.2, 0.25) is 0 Å². The zero-order valence-electron chi connectivity index (χ0n) is 22.9. The van der Waals surface area contributed by atoms with Crippen molar-refractivity contribution in [1.82, 2.24) is 9.13 Å². The van der Waals surface area contributed by atoms with Gasteiger partial charge in [-0.1, -0.05) is 48.5 Å². The lowest BCUT2D eigenvalue weighted by Gasteiger charge is -2.35. The molecule has 2 heterocycles. The van der Waals surface area contributed by atoms with E-state index >= 15 is 0 Å². The van der Waals surface area contributed by atoms with Crippen LogP contribution >= 0.6 is 0 Å². The number of piperidine rings is 1. The minimum absolute atomic E-state index is 0.0957. The van der Waals surface area contributed by atoms with Crippen LogP contribution in [-0.2, 0) is 19.5 Å². The summed E-state index contributed by atoms with van der Waals surface area (Å²) in [7, 11) is 0. The van der Waals surface area contributed by atoms with Crippen molar-refractivity contribution in [2.24, 2.45) is 11.7 Å². The fourth-order valence-electron chi connectivity index (χ4n) is 5.73. The van der Waals surface area contributed by atoms with Gasteiger partial charge in [-0.25, -0.2) is 18.0 Å². The lowest BCUT2D eigenvalue weighted by Crippen LogP contribution is -2.48. The number of aromatic nitrogens is 2. The van der Waals surface area contributed by atoms with Crippen LogP contribution in [-0.4, -0.2) is 22.2 Å². The van der Waals surface area contributed by atoms with Gasteiger partial charge in [-0.05, 0) is 67.5 Å². The molecule has 2 N–H and O–H groups in total. The van der Waals surface area contributed by atoms with Crippen LogP contribution in [0.25, 0.3) is 0 Å². The summed E-state index contributed by atoms with van der Waals surface area (Å²) in [5.41, 5.74) is 7.44. The normalized spacial score (nSPS) is 16.1. The molecule has 4 aromatic rings. The molecule has 0 saturated carbocycles. The molecule has 1 aliphatic heterocycles. The number of nitrogens with zero attached hydrogens (tertiary/aromatic N) is 3. The van der Waals surface area contributed by atoms with E-state index in [4.69, 9.17) is 5.73 Å². The molecular weight excluding hydrogens is 529 g/mol. The first-order chi connectivity index (χ1) is 19.7. The van der Waals surface area contributed by atoms with Gasteiger partial charge in [0, 0.05) is 30.4 Å². The number of nitrogens with two attached hydrogens (primary N) is 1. The SMILES string of the molecule is Cc1c(N2CCCC(Cc3ccc(F)cc3)C2)c(=O)n(C[C@H](N)c2ccccc2)c(=O)n1Cc1c(F)cccc1F. The molecule has 6 nitrogen and oxygen atoms in total. The molecule has 41 heavy (non-hydrogen) atoms. The average molecular weight is 563 g/mol. The van der Waals surface area contributed by atoms with Crippen molar-refractivity contribution in [3.63, 3.8) is 0 Å². The second-order valence-corrected chi connectivity index (χ2v) is 10.7. The Morgan fingerprint density at radius 3 is 2.27 bits per heavy atom. The third-order valence-electron chi connectivity index (χ3n) is 7.91. The molecule has 1 aliphatic rings. The van der Waals surface area contributed by atoms with E-state index in [0.717, 1.165) is 40.7 Å². The van der Waals surface area contributed by atoms with E-state index in [0.29, 0.717) is 30.9 Å². The van der Waals surface area contributed by atoms with Gasteiger partial charge in [-0.15, -0.1) is 0 Å². The van der Waals surface area contributed by atoms with Crippen molar-refractivity contribution in [2.45, 2.75) is 45.3 Å². The first-order valence-electron chi connectivity index (χ1n) is 13.8. The van der Waals surface area contributed by atoms with Crippen molar-refractivity contribution in [3.8, 4) is 0 Å². The Hall–Kier alpha value is -4.11. The standard InChI is InChI=1S/C32H33F3N4O2/c1-21-30(37-16-6-7-23(18-37)17-22-12-14-25(33)15-13-22)31(40)39(20-29(36)24-8-3-2-4-9-24)32(41)38(21)19-26-27(34)10-5-11-28(26)35/h2-5,8-15,23,29H,6-7,16-20,36H2,1H3/t23?,29-/m0/s1. The van der Waals surface area contributed by atoms with Gasteiger partial charge in [-0.2, -0.15) is 0 Å². The van der Waals surface area contributed by atoms with Crippen LogP contribution in [0.3, 0.4) is 0 Å². The maximum atomic E-state index is 14.7. The summed E-state index contributed by atoms with van der Waals surface area (Å²) in [6.07, 6.45) is 2.46. The molecule has 5 rings (SSSR count). The fraction of sp³-hybridized carbons (Fsp3) is 0.312. The highest BCUT2D eigenvalue weighted by molar-refractivity contribution is 5.50. The Balaban J connectivity index is 1.56. The molecule has 0 bridgehead atoms. The quantitative estimate of drug-likeness (QED) is 0.330. The largest absolute Gasteiger partial charge is 0.365 e. The van der Waals surface area contributed by atoms with Gasteiger partial charge in [0.05, 0.1) is 13.1 Å². The fourth-order valence-corrected chi connectivity index (χ4v) is 5.73. The Kier molecular flexibility index (Phi) is 8.44. The summed E-state index contributed by atoms with van der Waals surface area (Å²) in [6.45, 7) is 2.31. The second kappa shape index (κ2) is 12.2. The van der Waals surface area contributed by atoms with Gasteiger partial charge < -0.3 is 10.6 Å². The van der Waals surface area contributed by atoms with Crippen LogP contribution in [0.2, 0.25) is 0 Å². The molecular formula is C32H33F3N4O2. The zero-order valence-corrected chi connectivity index (χ0v) is 22.9. The van der Waals surface area contributed by atoms with Crippen molar-refractivity contribution in [2.75, 3.05) is 18.0 Å². The summed E-state index contributed by atoms with van der Waals surface area (Å²) in [6, 6.07) is 18.5. The summed E-state index contributed by atoms with van der Waals surface area (Å²) in [5.74, 6) is -1.64. The molecule has 0 aliphatic carbocycles. The van der Waals surface area contributed by atoms with Crippen molar-refractivity contribution >= 4 is 5.69 Å². The van der Waals surface area contributed by atoms with Crippen molar-refractivity contribution in [3.05, 3.63) is 133 Å². The maximum absolute atomic E-state index is 14.7. The van der Waals surface area contributed by atoms with Crippen LogP contribution in [0.15, 0.2) is 82.4 Å². The lowest BCUT2D eigenvalue weighted by atomic mass is 9.91. The maximum Gasteiger partial charge on any atom is 0.331 e. The Labute approximate surface area is 236 Å². The Morgan fingerprint density at radius 2 is 1.59 bits per heavy atom. The number of benzene rings is 3. The van der Waals surface area contributed by atoms with Crippen LogP contribution < -0.4 is 21.9 Å². The van der Waals surface area contributed by atoms with Crippen LogP contribution in [0, 0.1) is 30.3 Å². The zero-order chi connectivity index (χ0) is 29.1. The molecule has 1 saturated heterocycles. The van der Waals surface area contributed by atoms with Gasteiger partial charge in [0.25, 0.3) is 5.56 Å². The van der Waals surface area contributed by atoms with Gasteiger partial charge in [0.15, 0.2) is 0 Å². The predicted molar refractivity (Wildman–Crippen MR) is 154 cm³/mol. The second-order valence-electron chi connectivity index (χ2n) is 10.7. The van der Waals surface area contributed by atoms with Gasteiger partial charge in [-0.3, -0.25) is 13.9 Å². The lowest BCUT2D eigenvalue weighted by molar-refractivity contribution is 0.408. The Bertz CT molecular complexity index is 1610. The van der Waals surface area contributed by atoms with E-state index < -0.39 is 28.9 Å². The molecule has 3 aromatic carbocycles. The highest BCUT2D eigenvalue weighted by Crippen LogP contribution is 2.26. The van der Waals surface area contributed by atoms with E-state index in [1.165, 1.54) is 22.8 Å². The molecule has 214 valence electrons. The highest BCUT2D eigenvalue weighted by Gasteiger charge is 2.28. The van der Waals surface area contributed by atoms with Crippen molar-refractivity contribution in [1.29, 1.82) is 0 Å². The molecule has 1 unspecified atom stereocenters. The first-order valence-corrected chi connectivity index (χ1v) is 13.8. The van der Waals surface area contributed by atoms with Crippen LogP contribution in [0.4, 0.5) is 18.9 Å². The number of hydrogen-bond donors (Lipinski definition) is 1. The van der Waals surface area contributed by atoms with Gasteiger partial charge >= 0.3 is 5.69 Å². The first kappa shape index (κ1) is 28.4. The van der Waals surface area contributed by atoms with Gasteiger partial charge in [0.1, 0.15) is 23.1 Å². The summed E-state index contributed by atoms with van der Waals surface area (Å²) in [4.78, 5) is 29.7. The average Bonchev–Trinajstić information content (AvgIpc) is 2.96. The predicted octanol–water partition coefficient (Wildman–Crippen LogP) is 4.94. The van der Waals surface area contributed by atoms with E-state index in [1.54, 1.807) is 19.1 Å². The molecule has 9 heteroatoms. The number of anilines is 1. The summed E-state index contributed by atoms with van der Waals surface area (Å²) in [5, 5.41) is 0. The molecule has 0 amide bonds. The highest BCUT2D eigenvalue weighted by atomic mass is 19.1.